The summed E-state index contributed by atoms with van der Waals surface area (Å²) < 4.78 is 7.55. The molecule has 0 aliphatic carbocycles. The van der Waals surface area contributed by atoms with Gasteiger partial charge in [-0.25, -0.2) is 9.48 Å². The van der Waals surface area contributed by atoms with Crippen LogP contribution in [0.3, 0.4) is 0 Å². The van der Waals surface area contributed by atoms with E-state index in [-0.39, 0.29) is 11.6 Å². The van der Waals surface area contributed by atoms with Crippen LogP contribution in [0, 0.1) is 0 Å². The molecule has 0 saturated carbocycles. The van der Waals surface area contributed by atoms with Gasteiger partial charge in [-0.2, -0.15) is 0 Å². The molecule has 0 amide bonds. The molecule has 2 rings (SSSR count). The van der Waals surface area contributed by atoms with Crippen LogP contribution in [0.1, 0.15) is 28.7 Å². The van der Waals surface area contributed by atoms with Crippen LogP contribution >= 0.6 is 27.5 Å². The number of carbonyl (C=O) groups excluding carboxylic acids is 1. The molecule has 1 aromatic heterocycles. The van der Waals surface area contributed by atoms with Gasteiger partial charge in [-0.3, -0.25) is 0 Å². The predicted octanol–water partition coefficient (Wildman–Crippen LogP) is 3.00. The van der Waals surface area contributed by atoms with E-state index in [4.69, 9.17) is 16.3 Å². The number of halogens is 2. The maximum absolute atomic E-state index is 11.7. The predicted molar refractivity (Wildman–Crippen MR) is 78.8 cm³/mol. The lowest BCUT2D eigenvalue weighted by Gasteiger charge is -2.05. The van der Waals surface area contributed by atoms with Gasteiger partial charge in [-0.1, -0.05) is 33.3 Å². The number of alkyl halides is 1. The van der Waals surface area contributed by atoms with Crippen molar-refractivity contribution in [3.05, 3.63) is 45.7 Å². The first-order valence-corrected chi connectivity index (χ1v) is 7.38. The summed E-state index contributed by atoms with van der Waals surface area (Å²) in [5.74, 6) is -0.345. The molecule has 0 radical (unpaired) electrons. The Morgan fingerprint density at radius 1 is 1.40 bits per heavy atom. The fourth-order valence-corrected chi connectivity index (χ4v) is 2.24. The average Bonchev–Trinajstić information content (AvgIpc) is 2.84. The number of rotatable bonds is 5. The first kappa shape index (κ1) is 15.0. The van der Waals surface area contributed by atoms with Crippen molar-refractivity contribution in [1.82, 2.24) is 15.0 Å². The second-order valence-electron chi connectivity index (χ2n) is 4.02. The number of carbonyl (C=O) groups is 1. The number of hydrogen-bond acceptors (Lipinski definition) is 4. The van der Waals surface area contributed by atoms with E-state index in [0.717, 1.165) is 10.0 Å². The van der Waals surface area contributed by atoms with E-state index >= 15 is 0 Å². The van der Waals surface area contributed by atoms with Gasteiger partial charge in [0.05, 0.1) is 24.7 Å². The SMILES string of the molecule is CCOC(=O)c1nnn(Cc2ccc(Br)cc2)c1CCl. The summed E-state index contributed by atoms with van der Waals surface area (Å²) >= 11 is 9.28. The molecule has 7 heteroatoms. The number of esters is 1. The summed E-state index contributed by atoms with van der Waals surface area (Å²) in [5, 5.41) is 7.84. The molecule has 0 N–H and O–H groups in total. The summed E-state index contributed by atoms with van der Waals surface area (Å²) in [6.45, 7) is 2.53. The third kappa shape index (κ3) is 3.37. The molecule has 0 fully saturated rings. The second kappa shape index (κ2) is 6.85. The lowest BCUT2D eigenvalue weighted by molar-refractivity contribution is 0.0518. The van der Waals surface area contributed by atoms with Crippen molar-refractivity contribution in [2.75, 3.05) is 6.61 Å². The minimum atomic E-state index is -0.495. The van der Waals surface area contributed by atoms with E-state index < -0.39 is 5.97 Å². The Kier molecular flexibility index (Phi) is 5.14. The highest BCUT2D eigenvalue weighted by molar-refractivity contribution is 9.10. The maximum atomic E-state index is 11.7. The number of nitrogens with zero attached hydrogens (tertiary/aromatic N) is 3. The fraction of sp³-hybridized carbons (Fsp3) is 0.308. The molecule has 106 valence electrons. The smallest absolute Gasteiger partial charge is 0.360 e. The molecule has 0 aliphatic rings. The van der Waals surface area contributed by atoms with Crippen molar-refractivity contribution in [3.63, 3.8) is 0 Å². The topological polar surface area (TPSA) is 57.0 Å². The van der Waals surface area contributed by atoms with Crippen molar-refractivity contribution >= 4 is 33.5 Å². The van der Waals surface area contributed by atoms with Crippen LogP contribution in [0.4, 0.5) is 0 Å². The van der Waals surface area contributed by atoms with Crippen molar-refractivity contribution < 1.29 is 9.53 Å². The fourth-order valence-electron chi connectivity index (χ4n) is 1.71. The third-order valence-corrected chi connectivity index (χ3v) is 3.46. The van der Waals surface area contributed by atoms with Gasteiger partial charge in [0, 0.05) is 4.47 Å². The zero-order valence-corrected chi connectivity index (χ0v) is 13.2. The van der Waals surface area contributed by atoms with Crippen LogP contribution < -0.4 is 0 Å². The van der Waals surface area contributed by atoms with Crippen molar-refractivity contribution in [2.24, 2.45) is 0 Å². The van der Waals surface area contributed by atoms with E-state index in [0.29, 0.717) is 18.8 Å². The summed E-state index contributed by atoms with van der Waals surface area (Å²) in [6, 6.07) is 7.82. The molecule has 0 saturated heterocycles. The number of ether oxygens (including phenoxy) is 1. The van der Waals surface area contributed by atoms with Gasteiger partial charge in [0.1, 0.15) is 0 Å². The first-order valence-electron chi connectivity index (χ1n) is 6.05. The van der Waals surface area contributed by atoms with E-state index in [1.165, 1.54) is 0 Å². The standard InChI is InChI=1S/C13H13BrClN3O2/c1-2-20-13(19)12-11(7-15)18(17-16-12)8-9-3-5-10(14)6-4-9/h3-6H,2,7-8H2,1H3. The lowest BCUT2D eigenvalue weighted by atomic mass is 10.2. The van der Waals surface area contributed by atoms with Crippen molar-refractivity contribution in [1.29, 1.82) is 0 Å². The highest BCUT2D eigenvalue weighted by Crippen LogP contribution is 2.15. The largest absolute Gasteiger partial charge is 0.461 e. The molecule has 0 atom stereocenters. The number of benzene rings is 1. The van der Waals surface area contributed by atoms with Crippen LogP contribution in [-0.4, -0.2) is 27.6 Å². The second-order valence-corrected chi connectivity index (χ2v) is 5.21. The van der Waals surface area contributed by atoms with Gasteiger partial charge in [0.2, 0.25) is 0 Å². The first-order chi connectivity index (χ1) is 9.65. The zero-order chi connectivity index (χ0) is 14.5. The van der Waals surface area contributed by atoms with Crippen LogP contribution in [0.25, 0.3) is 0 Å². The minimum Gasteiger partial charge on any atom is -0.461 e. The van der Waals surface area contributed by atoms with E-state index in [1.807, 2.05) is 24.3 Å². The summed E-state index contributed by atoms with van der Waals surface area (Å²) in [5.41, 5.74) is 1.78. The van der Waals surface area contributed by atoms with Gasteiger partial charge < -0.3 is 4.74 Å². The van der Waals surface area contributed by atoms with Crippen LogP contribution in [0.2, 0.25) is 0 Å². The Morgan fingerprint density at radius 2 is 2.10 bits per heavy atom. The number of hydrogen-bond donors (Lipinski definition) is 0. The summed E-state index contributed by atoms with van der Waals surface area (Å²) in [6.07, 6.45) is 0. The molecule has 1 heterocycles. The summed E-state index contributed by atoms with van der Waals surface area (Å²) in [7, 11) is 0. The Balaban J connectivity index is 2.24. The van der Waals surface area contributed by atoms with Crippen molar-refractivity contribution in [2.45, 2.75) is 19.3 Å². The Hall–Kier alpha value is -1.40. The van der Waals surface area contributed by atoms with Gasteiger partial charge in [-0.05, 0) is 24.6 Å². The van der Waals surface area contributed by atoms with Crippen LogP contribution in [0.5, 0.6) is 0 Å². The highest BCUT2D eigenvalue weighted by Gasteiger charge is 2.20. The molecular formula is C13H13BrClN3O2. The normalized spacial score (nSPS) is 10.6. The maximum Gasteiger partial charge on any atom is 0.360 e. The molecule has 2 aromatic rings. The Morgan fingerprint density at radius 3 is 2.70 bits per heavy atom. The lowest BCUT2D eigenvalue weighted by Crippen LogP contribution is -2.10. The molecular weight excluding hydrogens is 346 g/mol. The van der Waals surface area contributed by atoms with Crippen LogP contribution in [0.15, 0.2) is 28.7 Å². The van der Waals surface area contributed by atoms with E-state index in [1.54, 1.807) is 11.6 Å². The van der Waals surface area contributed by atoms with Gasteiger partial charge in [-0.15, -0.1) is 16.7 Å². The quantitative estimate of drug-likeness (QED) is 0.609. The molecule has 20 heavy (non-hydrogen) atoms. The highest BCUT2D eigenvalue weighted by atomic mass is 79.9. The molecule has 5 nitrogen and oxygen atoms in total. The Bertz CT molecular complexity index is 598. The monoisotopic (exact) mass is 357 g/mol. The minimum absolute atomic E-state index is 0.150. The van der Waals surface area contributed by atoms with E-state index in [9.17, 15) is 4.79 Å². The molecule has 0 aliphatic heterocycles. The number of aromatic nitrogens is 3. The summed E-state index contributed by atoms with van der Waals surface area (Å²) in [4.78, 5) is 11.7. The van der Waals surface area contributed by atoms with Gasteiger partial charge in [0.15, 0.2) is 5.69 Å². The molecule has 1 aromatic carbocycles. The van der Waals surface area contributed by atoms with Gasteiger partial charge in [0.25, 0.3) is 0 Å². The van der Waals surface area contributed by atoms with Crippen molar-refractivity contribution in [3.8, 4) is 0 Å². The molecule has 0 bridgehead atoms. The van der Waals surface area contributed by atoms with Gasteiger partial charge >= 0.3 is 5.97 Å². The Labute approximate surface area is 130 Å². The van der Waals surface area contributed by atoms with Crippen LogP contribution in [-0.2, 0) is 17.2 Å². The zero-order valence-electron chi connectivity index (χ0n) is 10.8. The third-order valence-electron chi connectivity index (χ3n) is 2.68. The average molecular weight is 359 g/mol. The molecule has 0 unspecified atom stereocenters. The molecule has 0 spiro atoms. The van der Waals surface area contributed by atoms with E-state index in [2.05, 4.69) is 26.2 Å².